The van der Waals surface area contributed by atoms with Gasteiger partial charge in [0.15, 0.2) is 0 Å². The molecular formula is C12H14N4O2S2. The van der Waals surface area contributed by atoms with E-state index in [4.69, 9.17) is 18.0 Å². The average molecular weight is 310 g/mol. The van der Waals surface area contributed by atoms with Crippen molar-refractivity contribution in [3.63, 3.8) is 0 Å². The van der Waals surface area contributed by atoms with Crippen molar-refractivity contribution in [2.24, 2.45) is 5.73 Å². The van der Waals surface area contributed by atoms with Gasteiger partial charge in [0.05, 0.1) is 16.9 Å². The molecule has 2 aromatic rings. The second kappa shape index (κ2) is 6.02. The molecule has 20 heavy (non-hydrogen) atoms. The van der Waals surface area contributed by atoms with Gasteiger partial charge in [-0.05, 0) is 12.1 Å². The minimum Gasteiger partial charge on any atom is -0.393 e. The van der Waals surface area contributed by atoms with Crippen LogP contribution in [-0.2, 0) is 10.0 Å². The maximum atomic E-state index is 12.6. The molecular weight excluding hydrogens is 296 g/mol. The Labute approximate surface area is 122 Å². The summed E-state index contributed by atoms with van der Waals surface area (Å²) < 4.78 is 26.5. The third-order valence-corrected chi connectivity index (χ3v) is 4.66. The molecule has 0 bridgehead atoms. The first-order chi connectivity index (χ1) is 9.51. The fraction of sp³-hybridized carbons (Fsp3) is 0.167. The van der Waals surface area contributed by atoms with E-state index < -0.39 is 10.0 Å². The molecule has 0 radical (unpaired) electrons. The summed E-state index contributed by atoms with van der Waals surface area (Å²) >= 11 is 4.82. The van der Waals surface area contributed by atoms with Gasteiger partial charge in [0, 0.05) is 19.2 Å². The van der Waals surface area contributed by atoms with Gasteiger partial charge in [0.2, 0.25) is 0 Å². The molecule has 0 aliphatic carbocycles. The van der Waals surface area contributed by atoms with Gasteiger partial charge in [-0.25, -0.2) is 8.42 Å². The lowest BCUT2D eigenvalue weighted by atomic mass is 10.3. The second-order valence-corrected chi connectivity index (χ2v) is 6.45. The molecule has 6 nitrogen and oxygen atoms in total. The van der Waals surface area contributed by atoms with Crippen LogP contribution in [0.5, 0.6) is 0 Å². The Bertz CT molecular complexity index is 669. The largest absolute Gasteiger partial charge is 0.393 e. The van der Waals surface area contributed by atoms with Gasteiger partial charge >= 0.3 is 0 Å². The van der Waals surface area contributed by atoms with E-state index in [1.165, 1.54) is 16.7 Å². The van der Waals surface area contributed by atoms with Crippen LogP contribution in [0.1, 0.15) is 6.42 Å². The van der Waals surface area contributed by atoms with E-state index >= 15 is 0 Å². The van der Waals surface area contributed by atoms with Crippen molar-refractivity contribution in [3.05, 3.63) is 42.7 Å². The minimum atomic E-state index is -3.68. The molecule has 0 aliphatic heterocycles. The molecule has 0 amide bonds. The van der Waals surface area contributed by atoms with Crippen molar-refractivity contribution in [2.45, 2.75) is 11.3 Å². The zero-order valence-corrected chi connectivity index (χ0v) is 12.2. The Morgan fingerprint density at radius 2 is 2.05 bits per heavy atom. The highest BCUT2D eigenvalue weighted by molar-refractivity contribution is 7.92. The number of hydrogen-bond acceptors (Lipinski definition) is 4. The van der Waals surface area contributed by atoms with Crippen LogP contribution >= 0.6 is 12.2 Å². The van der Waals surface area contributed by atoms with Crippen molar-refractivity contribution < 1.29 is 8.42 Å². The first-order valence-electron chi connectivity index (χ1n) is 5.86. The molecule has 3 N–H and O–H groups in total. The number of rotatable bonds is 6. The monoisotopic (exact) mass is 310 g/mol. The number of sulfonamides is 1. The third-order valence-electron chi connectivity index (χ3n) is 2.67. The van der Waals surface area contributed by atoms with E-state index in [9.17, 15) is 8.42 Å². The SMILES string of the molecule is NC(=S)CCN(c1ccccc1)S(=O)(=O)c1cn[nH]c1. The number of nitrogens with zero attached hydrogens (tertiary/aromatic N) is 2. The summed E-state index contributed by atoms with van der Waals surface area (Å²) in [7, 11) is -3.68. The fourth-order valence-electron chi connectivity index (χ4n) is 1.70. The lowest BCUT2D eigenvalue weighted by molar-refractivity contribution is 0.591. The van der Waals surface area contributed by atoms with E-state index in [1.54, 1.807) is 24.3 Å². The van der Waals surface area contributed by atoms with E-state index in [0.717, 1.165) is 0 Å². The first kappa shape index (κ1) is 14.5. The highest BCUT2D eigenvalue weighted by Gasteiger charge is 2.25. The van der Waals surface area contributed by atoms with E-state index in [-0.39, 0.29) is 16.4 Å². The molecule has 0 fully saturated rings. The zero-order valence-electron chi connectivity index (χ0n) is 10.6. The van der Waals surface area contributed by atoms with Crippen LogP contribution in [0.15, 0.2) is 47.6 Å². The van der Waals surface area contributed by atoms with E-state index in [1.807, 2.05) is 6.07 Å². The normalized spacial score (nSPS) is 11.2. The van der Waals surface area contributed by atoms with Crippen LogP contribution in [-0.4, -0.2) is 30.1 Å². The molecule has 0 unspecified atom stereocenters. The number of para-hydroxylation sites is 1. The first-order valence-corrected chi connectivity index (χ1v) is 7.71. The molecule has 106 valence electrons. The van der Waals surface area contributed by atoms with Crippen LogP contribution in [0.4, 0.5) is 5.69 Å². The third kappa shape index (κ3) is 3.14. The molecule has 0 aliphatic rings. The number of thiocarbonyl (C=S) groups is 1. The Kier molecular flexibility index (Phi) is 4.35. The van der Waals surface area contributed by atoms with Crippen LogP contribution in [0.3, 0.4) is 0 Å². The van der Waals surface area contributed by atoms with E-state index in [0.29, 0.717) is 12.1 Å². The standard InChI is InChI=1S/C12H14N4O2S2/c13-12(19)6-7-16(10-4-2-1-3-5-10)20(17,18)11-8-14-15-9-11/h1-5,8-9H,6-7H2,(H2,13,19)(H,14,15). The van der Waals surface area contributed by atoms with Crippen LogP contribution < -0.4 is 10.0 Å². The van der Waals surface area contributed by atoms with Crippen LogP contribution in [0.2, 0.25) is 0 Å². The molecule has 0 spiro atoms. The summed E-state index contributed by atoms with van der Waals surface area (Å²) in [5, 5.41) is 6.18. The highest BCUT2D eigenvalue weighted by Crippen LogP contribution is 2.22. The predicted octanol–water partition coefficient (Wildman–Crippen LogP) is 1.28. The number of anilines is 1. The summed E-state index contributed by atoms with van der Waals surface area (Å²) in [4.78, 5) is 0.373. The fourth-order valence-corrected chi connectivity index (χ4v) is 3.17. The number of aromatic amines is 1. The van der Waals surface area contributed by atoms with Gasteiger partial charge in [0.25, 0.3) is 10.0 Å². The summed E-state index contributed by atoms with van der Waals surface area (Å²) in [6, 6.07) is 8.80. The van der Waals surface area contributed by atoms with Gasteiger partial charge in [-0.3, -0.25) is 9.40 Å². The zero-order chi connectivity index (χ0) is 14.6. The molecule has 8 heteroatoms. The van der Waals surface area contributed by atoms with Gasteiger partial charge < -0.3 is 5.73 Å². The smallest absolute Gasteiger partial charge is 0.267 e. The van der Waals surface area contributed by atoms with Crippen molar-refractivity contribution >= 4 is 32.9 Å². The lowest BCUT2D eigenvalue weighted by Crippen LogP contribution is -2.33. The average Bonchev–Trinajstić information content (AvgIpc) is 2.94. The topological polar surface area (TPSA) is 92.1 Å². The van der Waals surface area contributed by atoms with Gasteiger partial charge in [-0.1, -0.05) is 30.4 Å². The number of hydrogen-bond donors (Lipinski definition) is 2. The minimum absolute atomic E-state index is 0.101. The number of nitrogens with two attached hydrogens (primary N) is 1. The second-order valence-electron chi connectivity index (χ2n) is 4.06. The Morgan fingerprint density at radius 1 is 1.35 bits per heavy atom. The quantitative estimate of drug-likeness (QED) is 0.784. The molecule has 1 aromatic carbocycles. The molecule has 1 heterocycles. The Hall–Kier alpha value is -1.93. The summed E-state index contributed by atoms with van der Waals surface area (Å²) in [5.74, 6) is 0. The maximum Gasteiger partial charge on any atom is 0.267 e. The number of H-pyrrole nitrogens is 1. The number of aromatic nitrogens is 2. The van der Waals surface area contributed by atoms with Crippen LogP contribution in [0.25, 0.3) is 0 Å². The summed E-state index contributed by atoms with van der Waals surface area (Å²) in [6.07, 6.45) is 2.92. The molecule has 0 saturated carbocycles. The van der Waals surface area contributed by atoms with Gasteiger partial charge in [-0.15, -0.1) is 0 Å². The van der Waals surface area contributed by atoms with E-state index in [2.05, 4.69) is 10.2 Å². The number of benzene rings is 1. The van der Waals surface area contributed by atoms with Crippen molar-refractivity contribution in [1.82, 2.24) is 10.2 Å². The molecule has 2 rings (SSSR count). The molecule has 0 saturated heterocycles. The van der Waals surface area contributed by atoms with Crippen molar-refractivity contribution in [2.75, 3.05) is 10.8 Å². The lowest BCUT2D eigenvalue weighted by Gasteiger charge is -2.23. The van der Waals surface area contributed by atoms with Crippen molar-refractivity contribution in [1.29, 1.82) is 0 Å². The predicted molar refractivity (Wildman–Crippen MR) is 81.0 cm³/mol. The molecule has 0 atom stereocenters. The van der Waals surface area contributed by atoms with Gasteiger partial charge in [0.1, 0.15) is 4.90 Å². The summed E-state index contributed by atoms with van der Waals surface area (Å²) in [6.45, 7) is 0.187. The number of nitrogens with one attached hydrogen (secondary N) is 1. The summed E-state index contributed by atoms with van der Waals surface area (Å²) in [5.41, 5.74) is 6.03. The van der Waals surface area contributed by atoms with Gasteiger partial charge in [-0.2, -0.15) is 5.10 Å². The Morgan fingerprint density at radius 3 is 2.60 bits per heavy atom. The van der Waals surface area contributed by atoms with Crippen LogP contribution in [0, 0.1) is 0 Å². The van der Waals surface area contributed by atoms with Crippen molar-refractivity contribution in [3.8, 4) is 0 Å². The molecule has 1 aromatic heterocycles. The highest BCUT2D eigenvalue weighted by atomic mass is 32.2. The maximum absolute atomic E-state index is 12.6. The Balaban J connectivity index is 2.39.